The van der Waals surface area contributed by atoms with Gasteiger partial charge in [0, 0.05) is 12.2 Å². The highest BCUT2D eigenvalue weighted by Gasteiger charge is 2.10. The molecule has 0 radical (unpaired) electrons. The SMILES string of the molecule is COc1cc(CNc2ccc(C#N)cc2)cc(Br)c1OC. The summed E-state index contributed by atoms with van der Waals surface area (Å²) in [7, 11) is 3.22. The summed E-state index contributed by atoms with van der Waals surface area (Å²) in [5, 5.41) is 12.1. The van der Waals surface area contributed by atoms with E-state index in [1.165, 1.54) is 0 Å². The first-order valence-corrected chi connectivity index (χ1v) is 7.11. The molecule has 0 unspecified atom stereocenters. The minimum atomic E-state index is 0.644. The number of methoxy groups -OCH3 is 2. The van der Waals surface area contributed by atoms with E-state index in [-0.39, 0.29) is 0 Å². The van der Waals surface area contributed by atoms with Gasteiger partial charge in [-0.15, -0.1) is 0 Å². The van der Waals surface area contributed by atoms with Crippen LogP contribution in [0.4, 0.5) is 5.69 Å². The zero-order valence-electron chi connectivity index (χ0n) is 11.8. The average molecular weight is 347 g/mol. The van der Waals surface area contributed by atoms with Crippen LogP contribution >= 0.6 is 15.9 Å². The Morgan fingerprint density at radius 2 is 1.86 bits per heavy atom. The lowest BCUT2D eigenvalue weighted by Crippen LogP contribution is -2.01. The third-order valence-corrected chi connectivity index (χ3v) is 3.59. The first-order valence-electron chi connectivity index (χ1n) is 6.32. The fraction of sp³-hybridized carbons (Fsp3) is 0.188. The highest BCUT2D eigenvalue weighted by molar-refractivity contribution is 9.10. The van der Waals surface area contributed by atoms with Gasteiger partial charge in [0.25, 0.3) is 0 Å². The summed E-state index contributed by atoms with van der Waals surface area (Å²) in [6, 6.07) is 13.3. The highest BCUT2D eigenvalue weighted by atomic mass is 79.9. The Labute approximate surface area is 132 Å². The van der Waals surface area contributed by atoms with E-state index < -0.39 is 0 Å². The van der Waals surface area contributed by atoms with Crippen molar-refractivity contribution in [3.63, 3.8) is 0 Å². The van der Waals surface area contributed by atoms with Gasteiger partial charge in [-0.2, -0.15) is 5.26 Å². The topological polar surface area (TPSA) is 54.3 Å². The molecule has 0 bridgehead atoms. The molecule has 0 saturated carbocycles. The van der Waals surface area contributed by atoms with Crippen LogP contribution in [0.15, 0.2) is 40.9 Å². The number of ether oxygens (including phenoxy) is 2. The van der Waals surface area contributed by atoms with Crippen molar-refractivity contribution < 1.29 is 9.47 Å². The second-order valence-corrected chi connectivity index (χ2v) is 5.21. The largest absolute Gasteiger partial charge is 0.493 e. The van der Waals surface area contributed by atoms with Crippen molar-refractivity contribution in [1.29, 1.82) is 5.26 Å². The number of rotatable bonds is 5. The Balaban J connectivity index is 2.12. The van der Waals surface area contributed by atoms with Gasteiger partial charge in [0.15, 0.2) is 11.5 Å². The first kappa shape index (κ1) is 15.2. The number of hydrogen-bond acceptors (Lipinski definition) is 4. The van der Waals surface area contributed by atoms with Crippen LogP contribution in [-0.4, -0.2) is 14.2 Å². The Morgan fingerprint density at radius 3 is 2.43 bits per heavy atom. The van der Waals surface area contributed by atoms with Gasteiger partial charge in [-0.3, -0.25) is 0 Å². The van der Waals surface area contributed by atoms with Crippen molar-refractivity contribution in [2.75, 3.05) is 19.5 Å². The van der Waals surface area contributed by atoms with Crippen molar-refractivity contribution in [2.24, 2.45) is 0 Å². The van der Waals surface area contributed by atoms with Crippen LogP contribution in [0.25, 0.3) is 0 Å². The maximum absolute atomic E-state index is 8.77. The number of nitriles is 1. The summed E-state index contributed by atoms with van der Waals surface area (Å²) in [5.74, 6) is 1.36. The third kappa shape index (κ3) is 3.67. The van der Waals surface area contributed by atoms with Crippen molar-refractivity contribution in [2.45, 2.75) is 6.54 Å². The summed E-state index contributed by atoms with van der Waals surface area (Å²) < 4.78 is 11.5. The van der Waals surface area contributed by atoms with Gasteiger partial charge in [-0.25, -0.2) is 0 Å². The zero-order chi connectivity index (χ0) is 15.2. The van der Waals surface area contributed by atoms with Gasteiger partial charge in [0.1, 0.15) is 0 Å². The summed E-state index contributed by atoms with van der Waals surface area (Å²) in [5.41, 5.74) is 2.67. The van der Waals surface area contributed by atoms with Gasteiger partial charge in [0.05, 0.1) is 30.3 Å². The van der Waals surface area contributed by atoms with Gasteiger partial charge in [0.2, 0.25) is 0 Å². The third-order valence-electron chi connectivity index (χ3n) is 3.00. The molecule has 0 fully saturated rings. The monoisotopic (exact) mass is 346 g/mol. The predicted octanol–water partition coefficient (Wildman–Crippen LogP) is 3.95. The van der Waals surface area contributed by atoms with Crippen LogP contribution in [0.3, 0.4) is 0 Å². The summed E-state index contributed by atoms with van der Waals surface area (Å²) >= 11 is 3.48. The maximum atomic E-state index is 8.77. The predicted molar refractivity (Wildman–Crippen MR) is 85.7 cm³/mol. The second kappa shape index (κ2) is 7.00. The molecule has 0 spiro atoms. The first-order chi connectivity index (χ1) is 10.2. The van der Waals surface area contributed by atoms with E-state index >= 15 is 0 Å². The fourth-order valence-corrected chi connectivity index (χ4v) is 2.59. The van der Waals surface area contributed by atoms with E-state index in [2.05, 4.69) is 27.3 Å². The standard InChI is InChI=1S/C16H15BrN2O2/c1-20-15-8-12(7-14(17)16(15)21-2)10-19-13-5-3-11(9-18)4-6-13/h3-8,19H,10H2,1-2H3. The molecule has 0 atom stereocenters. The number of benzene rings is 2. The normalized spacial score (nSPS) is 9.81. The van der Waals surface area contributed by atoms with Crippen LogP contribution < -0.4 is 14.8 Å². The molecule has 2 aromatic rings. The van der Waals surface area contributed by atoms with Crippen molar-refractivity contribution in [3.8, 4) is 17.6 Å². The van der Waals surface area contributed by atoms with Crippen LogP contribution in [0.1, 0.15) is 11.1 Å². The number of hydrogen-bond donors (Lipinski definition) is 1. The Morgan fingerprint density at radius 1 is 1.14 bits per heavy atom. The number of nitrogens with zero attached hydrogens (tertiary/aromatic N) is 1. The molecule has 0 aliphatic carbocycles. The van der Waals surface area contributed by atoms with E-state index in [1.54, 1.807) is 26.4 Å². The molecule has 0 aliphatic rings. The molecular formula is C16H15BrN2O2. The van der Waals surface area contributed by atoms with E-state index in [0.29, 0.717) is 23.6 Å². The van der Waals surface area contributed by atoms with E-state index in [9.17, 15) is 0 Å². The van der Waals surface area contributed by atoms with Crippen molar-refractivity contribution in [1.82, 2.24) is 0 Å². The lowest BCUT2D eigenvalue weighted by molar-refractivity contribution is 0.352. The Bertz CT molecular complexity index is 663. The second-order valence-electron chi connectivity index (χ2n) is 4.36. The number of nitrogens with one attached hydrogen (secondary N) is 1. The summed E-state index contributed by atoms with van der Waals surface area (Å²) in [6.07, 6.45) is 0. The van der Waals surface area contributed by atoms with Gasteiger partial charge in [-0.05, 0) is 57.9 Å². The molecule has 0 heterocycles. The molecule has 0 aliphatic heterocycles. The van der Waals surface area contributed by atoms with Crippen molar-refractivity contribution >= 4 is 21.6 Å². The van der Waals surface area contributed by atoms with Gasteiger partial charge >= 0.3 is 0 Å². The number of halogens is 1. The van der Waals surface area contributed by atoms with Gasteiger partial charge < -0.3 is 14.8 Å². The fourth-order valence-electron chi connectivity index (χ4n) is 1.94. The van der Waals surface area contributed by atoms with Crippen LogP contribution in [0.2, 0.25) is 0 Å². The van der Waals surface area contributed by atoms with Crippen LogP contribution in [-0.2, 0) is 6.54 Å². The molecule has 21 heavy (non-hydrogen) atoms. The Kier molecular flexibility index (Phi) is 5.07. The molecular weight excluding hydrogens is 332 g/mol. The minimum absolute atomic E-state index is 0.644. The molecule has 0 saturated heterocycles. The quantitative estimate of drug-likeness (QED) is 0.890. The van der Waals surface area contributed by atoms with Crippen LogP contribution in [0, 0.1) is 11.3 Å². The van der Waals surface area contributed by atoms with E-state index in [0.717, 1.165) is 15.7 Å². The molecule has 108 valence electrons. The summed E-state index contributed by atoms with van der Waals surface area (Å²) in [4.78, 5) is 0. The highest BCUT2D eigenvalue weighted by Crippen LogP contribution is 2.36. The minimum Gasteiger partial charge on any atom is -0.493 e. The summed E-state index contributed by atoms with van der Waals surface area (Å²) in [6.45, 7) is 0.644. The molecule has 0 amide bonds. The molecule has 0 aromatic heterocycles. The zero-order valence-corrected chi connectivity index (χ0v) is 13.4. The van der Waals surface area contributed by atoms with E-state index in [4.69, 9.17) is 14.7 Å². The van der Waals surface area contributed by atoms with Gasteiger partial charge in [-0.1, -0.05) is 0 Å². The van der Waals surface area contributed by atoms with Crippen LogP contribution in [0.5, 0.6) is 11.5 Å². The Hall–Kier alpha value is -2.19. The molecule has 1 N–H and O–H groups in total. The lowest BCUT2D eigenvalue weighted by Gasteiger charge is -2.13. The molecule has 2 aromatic carbocycles. The number of anilines is 1. The lowest BCUT2D eigenvalue weighted by atomic mass is 10.2. The molecule has 4 nitrogen and oxygen atoms in total. The smallest absolute Gasteiger partial charge is 0.174 e. The average Bonchev–Trinajstić information content (AvgIpc) is 2.52. The molecule has 2 rings (SSSR count). The molecule has 5 heteroatoms. The van der Waals surface area contributed by atoms with Crippen molar-refractivity contribution in [3.05, 3.63) is 52.0 Å². The van der Waals surface area contributed by atoms with E-state index in [1.807, 2.05) is 24.3 Å². The maximum Gasteiger partial charge on any atom is 0.174 e.